The Morgan fingerprint density at radius 3 is 2.11 bits per heavy atom. The fraction of sp³-hybridized carbons (Fsp3) is 0.182. The highest BCUT2D eigenvalue weighted by molar-refractivity contribution is 7.12. The number of nitrogens with one attached hydrogen (secondary N) is 2. The third-order valence-electron chi connectivity index (χ3n) is 4.24. The van der Waals surface area contributed by atoms with Gasteiger partial charge >= 0.3 is 0 Å². The van der Waals surface area contributed by atoms with Crippen LogP contribution in [-0.4, -0.2) is 17.9 Å². The number of hydrogen-bond acceptors (Lipinski definition) is 3. The molecule has 3 rings (SSSR count). The molecule has 0 radical (unpaired) electrons. The largest absolute Gasteiger partial charge is 0.339 e. The lowest BCUT2D eigenvalue weighted by Crippen LogP contribution is -2.46. The molecule has 0 aliphatic rings. The maximum Gasteiger partial charge on any atom is 0.262 e. The Morgan fingerprint density at radius 2 is 1.52 bits per heavy atom. The lowest BCUT2D eigenvalue weighted by atomic mass is 10.0. The van der Waals surface area contributed by atoms with Gasteiger partial charge in [0.05, 0.1) is 4.88 Å². The van der Waals surface area contributed by atoms with E-state index in [9.17, 15) is 9.59 Å². The Kier molecular flexibility index (Phi) is 6.04. The number of carbonyl (C=O) groups excluding carboxylic acids is 2. The molecular formula is C22H22N2O2S. The van der Waals surface area contributed by atoms with E-state index in [4.69, 9.17) is 0 Å². The molecule has 0 aliphatic heterocycles. The molecule has 2 aromatic carbocycles. The van der Waals surface area contributed by atoms with Gasteiger partial charge in [-0.05, 0) is 40.6 Å². The van der Waals surface area contributed by atoms with Gasteiger partial charge in [0.25, 0.3) is 5.91 Å². The Morgan fingerprint density at radius 1 is 0.852 bits per heavy atom. The van der Waals surface area contributed by atoms with Crippen molar-refractivity contribution in [3.8, 4) is 11.1 Å². The van der Waals surface area contributed by atoms with E-state index in [1.54, 1.807) is 6.07 Å². The summed E-state index contributed by atoms with van der Waals surface area (Å²) in [6, 6.07) is 20.7. The maximum absolute atomic E-state index is 12.7. The summed E-state index contributed by atoms with van der Waals surface area (Å²) in [6.07, 6.45) is 0. The lowest BCUT2D eigenvalue weighted by molar-refractivity contribution is -0.118. The van der Waals surface area contributed by atoms with Gasteiger partial charge in [0.2, 0.25) is 5.91 Å². The second-order valence-electron chi connectivity index (χ2n) is 6.61. The van der Waals surface area contributed by atoms with Crippen LogP contribution in [0.25, 0.3) is 11.1 Å². The van der Waals surface area contributed by atoms with E-state index in [0.717, 1.165) is 11.1 Å². The number of rotatable bonds is 6. The van der Waals surface area contributed by atoms with E-state index in [1.165, 1.54) is 11.3 Å². The molecule has 0 spiro atoms. The van der Waals surface area contributed by atoms with Crippen LogP contribution in [-0.2, 0) is 4.79 Å². The Hall–Kier alpha value is -2.92. The molecule has 0 saturated carbocycles. The molecule has 1 unspecified atom stereocenters. The topological polar surface area (TPSA) is 58.2 Å². The zero-order valence-corrected chi connectivity index (χ0v) is 16.1. The molecule has 1 aromatic heterocycles. The Balaban J connectivity index is 1.67. The summed E-state index contributed by atoms with van der Waals surface area (Å²) in [5, 5.41) is 7.58. The molecule has 5 heteroatoms. The SMILES string of the molecule is CC(C)C(NC(=O)c1cccs1)C(=O)Nc1ccc(-c2ccccc2)cc1. The first-order valence-corrected chi connectivity index (χ1v) is 9.73. The van der Waals surface area contributed by atoms with Gasteiger partial charge in [-0.3, -0.25) is 9.59 Å². The predicted molar refractivity (Wildman–Crippen MR) is 111 cm³/mol. The first-order chi connectivity index (χ1) is 13.0. The van der Waals surface area contributed by atoms with E-state index in [1.807, 2.05) is 79.9 Å². The van der Waals surface area contributed by atoms with Gasteiger partial charge in [-0.1, -0.05) is 62.4 Å². The number of anilines is 1. The van der Waals surface area contributed by atoms with E-state index in [2.05, 4.69) is 10.6 Å². The van der Waals surface area contributed by atoms with Crippen LogP contribution in [0.4, 0.5) is 5.69 Å². The molecule has 1 atom stereocenters. The second-order valence-corrected chi connectivity index (χ2v) is 7.55. The summed E-state index contributed by atoms with van der Waals surface area (Å²) >= 11 is 1.36. The minimum atomic E-state index is -0.603. The Labute approximate surface area is 163 Å². The number of thiophene rings is 1. The van der Waals surface area contributed by atoms with Gasteiger partial charge in [0, 0.05) is 5.69 Å². The van der Waals surface area contributed by atoms with Crippen molar-refractivity contribution in [2.75, 3.05) is 5.32 Å². The predicted octanol–water partition coefficient (Wildman–Crippen LogP) is 4.81. The van der Waals surface area contributed by atoms with Crippen LogP contribution in [0, 0.1) is 5.92 Å². The molecule has 3 aromatic rings. The van der Waals surface area contributed by atoms with Crippen LogP contribution in [0.2, 0.25) is 0 Å². The third-order valence-corrected chi connectivity index (χ3v) is 5.11. The van der Waals surface area contributed by atoms with Gasteiger partial charge in [0.1, 0.15) is 6.04 Å². The van der Waals surface area contributed by atoms with Crippen LogP contribution in [0.3, 0.4) is 0 Å². The van der Waals surface area contributed by atoms with Crippen LogP contribution in [0.15, 0.2) is 72.1 Å². The summed E-state index contributed by atoms with van der Waals surface area (Å²) in [7, 11) is 0. The standard InChI is InChI=1S/C22H22N2O2S/c1-15(2)20(24-21(25)19-9-6-14-27-19)22(26)23-18-12-10-17(11-13-18)16-7-4-3-5-8-16/h3-15,20H,1-2H3,(H,23,26)(H,24,25). The molecule has 4 nitrogen and oxygen atoms in total. The molecule has 138 valence electrons. The lowest BCUT2D eigenvalue weighted by Gasteiger charge is -2.21. The summed E-state index contributed by atoms with van der Waals surface area (Å²) in [5.41, 5.74) is 2.91. The fourth-order valence-electron chi connectivity index (χ4n) is 2.75. The third kappa shape index (κ3) is 4.83. The monoisotopic (exact) mass is 378 g/mol. The molecule has 0 bridgehead atoms. The first-order valence-electron chi connectivity index (χ1n) is 8.85. The zero-order chi connectivity index (χ0) is 19.2. The van der Waals surface area contributed by atoms with E-state index in [-0.39, 0.29) is 17.7 Å². The smallest absolute Gasteiger partial charge is 0.262 e. The highest BCUT2D eigenvalue weighted by Gasteiger charge is 2.25. The average Bonchev–Trinajstić information content (AvgIpc) is 3.22. The fourth-order valence-corrected chi connectivity index (χ4v) is 3.38. The van der Waals surface area contributed by atoms with Crippen molar-refractivity contribution in [1.82, 2.24) is 5.32 Å². The van der Waals surface area contributed by atoms with Crippen molar-refractivity contribution in [3.05, 3.63) is 77.0 Å². The summed E-state index contributed by atoms with van der Waals surface area (Å²) in [5.74, 6) is -0.474. The number of hydrogen-bond donors (Lipinski definition) is 2. The van der Waals surface area contributed by atoms with Crippen molar-refractivity contribution in [3.63, 3.8) is 0 Å². The van der Waals surface area contributed by atoms with Crippen molar-refractivity contribution in [1.29, 1.82) is 0 Å². The molecule has 0 saturated heterocycles. The molecule has 0 aliphatic carbocycles. The van der Waals surface area contributed by atoms with E-state index >= 15 is 0 Å². The van der Waals surface area contributed by atoms with E-state index < -0.39 is 6.04 Å². The minimum Gasteiger partial charge on any atom is -0.339 e. The maximum atomic E-state index is 12.7. The van der Waals surface area contributed by atoms with Crippen LogP contribution in [0.5, 0.6) is 0 Å². The van der Waals surface area contributed by atoms with Gasteiger partial charge < -0.3 is 10.6 Å². The molecule has 2 N–H and O–H groups in total. The second kappa shape index (κ2) is 8.64. The molecule has 1 heterocycles. The van der Waals surface area contributed by atoms with E-state index in [0.29, 0.717) is 10.6 Å². The molecule has 2 amide bonds. The van der Waals surface area contributed by atoms with Crippen LogP contribution < -0.4 is 10.6 Å². The molecular weight excluding hydrogens is 356 g/mol. The summed E-state index contributed by atoms with van der Waals surface area (Å²) in [4.78, 5) is 25.6. The quantitative estimate of drug-likeness (QED) is 0.647. The normalized spacial score (nSPS) is 11.8. The molecule has 27 heavy (non-hydrogen) atoms. The van der Waals surface area contributed by atoms with Crippen molar-refractivity contribution < 1.29 is 9.59 Å². The van der Waals surface area contributed by atoms with Gasteiger partial charge in [-0.25, -0.2) is 0 Å². The van der Waals surface area contributed by atoms with Gasteiger partial charge in [-0.15, -0.1) is 11.3 Å². The van der Waals surface area contributed by atoms with Crippen molar-refractivity contribution >= 4 is 28.8 Å². The number of benzene rings is 2. The number of carbonyl (C=O) groups is 2. The van der Waals surface area contributed by atoms with Gasteiger partial charge in [-0.2, -0.15) is 0 Å². The van der Waals surface area contributed by atoms with Gasteiger partial charge in [0.15, 0.2) is 0 Å². The highest BCUT2D eigenvalue weighted by atomic mass is 32.1. The minimum absolute atomic E-state index is 0.0301. The highest BCUT2D eigenvalue weighted by Crippen LogP contribution is 2.21. The van der Waals surface area contributed by atoms with Crippen molar-refractivity contribution in [2.45, 2.75) is 19.9 Å². The van der Waals surface area contributed by atoms with Crippen LogP contribution >= 0.6 is 11.3 Å². The summed E-state index contributed by atoms with van der Waals surface area (Å²) < 4.78 is 0. The molecule has 0 fully saturated rings. The Bertz CT molecular complexity index is 888. The first kappa shape index (κ1) is 18.9. The average molecular weight is 378 g/mol. The van der Waals surface area contributed by atoms with Crippen molar-refractivity contribution in [2.24, 2.45) is 5.92 Å². The number of amides is 2. The summed E-state index contributed by atoms with van der Waals surface area (Å²) in [6.45, 7) is 3.83. The zero-order valence-electron chi connectivity index (χ0n) is 15.3. The van der Waals surface area contributed by atoms with Crippen LogP contribution in [0.1, 0.15) is 23.5 Å².